The van der Waals surface area contributed by atoms with Crippen LogP contribution < -0.4 is 5.32 Å². The fourth-order valence-corrected chi connectivity index (χ4v) is 4.52. The molecule has 2 atom stereocenters. The van der Waals surface area contributed by atoms with Crippen LogP contribution in [0.1, 0.15) is 30.2 Å². The van der Waals surface area contributed by atoms with Gasteiger partial charge in [0.2, 0.25) is 0 Å². The zero-order valence-corrected chi connectivity index (χ0v) is 16.3. The van der Waals surface area contributed by atoms with E-state index < -0.39 is 0 Å². The lowest BCUT2D eigenvalue weighted by molar-refractivity contribution is 0.0783. The molecule has 0 radical (unpaired) electrons. The summed E-state index contributed by atoms with van der Waals surface area (Å²) in [5.74, 6) is 1.25. The molecular formula is C22H25N5O. The molecule has 2 aromatic heterocycles. The summed E-state index contributed by atoms with van der Waals surface area (Å²) in [6.07, 6.45) is 1.79. The molecule has 0 unspecified atom stereocenters. The molecule has 6 nitrogen and oxygen atoms in total. The SMILES string of the molecule is CC(C)n1ncc2c(C(=O)N3C[C@H]4CNC[C@H]4C3)cc(-c3ccccc3)nc21. The summed E-state index contributed by atoms with van der Waals surface area (Å²) in [6, 6.07) is 12.2. The van der Waals surface area contributed by atoms with Gasteiger partial charge in [0, 0.05) is 37.8 Å². The highest BCUT2D eigenvalue weighted by Crippen LogP contribution is 2.31. The number of benzene rings is 1. The van der Waals surface area contributed by atoms with Gasteiger partial charge in [-0.25, -0.2) is 9.67 Å². The number of rotatable bonds is 3. The summed E-state index contributed by atoms with van der Waals surface area (Å²) < 4.78 is 1.90. The van der Waals surface area contributed by atoms with E-state index in [4.69, 9.17) is 4.98 Å². The molecule has 2 fully saturated rings. The first kappa shape index (κ1) is 17.4. The number of nitrogens with one attached hydrogen (secondary N) is 1. The molecule has 1 amide bonds. The second kappa shape index (κ2) is 6.71. The topological polar surface area (TPSA) is 63.1 Å². The molecule has 2 aliphatic rings. The molecule has 0 spiro atoms. The second-order valence-corrected chi connectivity index (χ2v) is 8.23. The van der Waals surface area contributed by atoms with Gasteiger partial charge in [0.1, 0.15) is 0 Å². The van der Waals surface area contributed by atoms with Crippen LogP contribution in [-0.4, -0.2) is 51.8 Å². The minimum Gasteiger partial charge on any atom is -0.338 e. The summed E-state index contributed by atoms with van der Waals surface area (Å²) >= 11 is 0. The maximum absolute atomic E-state index is 13.5. The van der Waals surface area contributed by atoms with Gasteiger partial charge in [-0.2, -0.15) is 5.10 Å². The molecule has 5 rings (SSSR count). The lowest BCUT2D eigenvalue weighted by Gasteiger charge is -2.19. The zero-order chi connectivity index (χ0) is 19.3. The number of amides is 1. The number of carbonyl (C=O) groups excluding carboxylic acids is 1. The number of pyridine rings is 1. The molecule has 1 aromatic carbocycles. The number of fused-ring (bicyclic) bond motifs is 2. The van der Waals surface area contributed by atoms with Crippen LogP contribution in [0.15, 0.2) is 42.6 Å². The van der Waals surface area contributed by atoms with Crippen LogP contribution in [-0.2, 0) is 0 Å². The Morgan fingerprint density at radius 3 is 2.54 bits per heavy atom. The Labute approximate surface area is 164 Å². The molecule has 2 aliphatic heterocycles. The van der Waals surface area contributed by atoms with Crippen LogP contribution in [0, 0.1) is 11.8 Å². The first-order chi connectivity index (χ1) is 13.6. The van der Waals surface area contributed by atoms with E-state index in [-0.39, 0.29) is 11.9 Å². The molecule has 144 valence electrons. The largest absolute Gasteiger partial charge is 0.338 e. The molecule has 0 bridgehead atoms. The van der Waals surface area contributed by atoms with Crippen molar-refractivity contribution in [3.63, 3.8) is 0 Å². The molecule has 1 N–H and O–H groups in total. The average molecular weight is 375 g/mol. The highest BCUT2D eigenvalue weighted by Gasteiger charge is 2.38. The van der Waals surface area contributed by atoms with Gasteiger partial charge < -0.3 is 10.2 Å². The predicted octanol–water partition coefficient (Wildman–Crippen LogP) is 2.97. The molecule has 0 aliphatic carbocycles. The van der Waals surface area contributed by atoms with Crippen molar-refractivity contribution in [3.8, 4) is 11.3 Å². The molecule has 0 saturated carbocycles. The number of likely N-dealkylation sites (tertiary alicyclic amines) is 1. The lowest BCUT2D eigenvalue weighted by atomic mass is 10.0. The Balaban J connectivity index is 1.61. The summed E-state index contributed by atoms with van der Waals surface area (Å²) in [5.41, 5.74) is 3.32. The van der Waals surface area contributed by atoms with Crippen LogP contribution in [0.3, 0.4) is 0 Å². The van der Waals surface area contributed by atoms with Crippen LogP contribution in [0.2, 0.25) is 0 Å². The van der Waals surface area contributed by atoms with Crippen LogP contribution >= 0.6 is 0 Å². The van der Waals surface area contributed by atoms with Crippen molar-refractivity contribution in [1.82, 2.24) is 25.0 Å². The van der Waals surface area contributed by atoms with Crippen LogP contribution in [0.4, 0.5) is 0 Å². The van der Waals surface area contributed by atoms with Crippen molar-refractivity contribution >= 4 is 16.9 Å². The average Bonchev–Trinajstić information content (AvgIpc) is 3.41. The fourth-order valence-electron chi connectivity index (χ4n) is 4.52. The molecule has 3 aromatic rings. The number of hydrogen-bond acceptors (Lipinski definition) is 4. The standard InChI is InChI=1S/C22H25N5O/c1-14(2)27-21-19(11-24-27)18(8-20(25-21)15-6-4-3-5-7-15)22(28)26-12-16-9-23-10-17(16)13-26/h3-8,11,14,16-17,23H,9-10,12-13H2,1-2H3/t16-,17+. The Morgan fingerprint density at radius 2 is 1.86 bits per heavy atom. The highest BCUT2D eigenvalue weighted by atomic mass is 16.2. The van der Waals surface area contributed by atoms with Gasteiger partial charge in [-0.15, -0.1) is 0 Å². The third-order valence-electron chi connectivity index (χ3n) is 6.03. The quantitative estimate of drug-likeness (QED) is 0.764. The predicted molar refractivity (Wildman–Crippen MR) is 109 cm³/mol. The Morgan fingerprint density at radius 1 is 1.14 bits per heavy atom. The zero-order valence-electron chi connectivity index (χ0n) is 16.3. The van der Waals surface area contributed by atoms with Gasteiger partial charge in [-0.3, -0.25) is 4.79 Å². The second-order valence-electron chi connectivity index (χ2n) is 8.23. The van der Waals surface area contributed by atoms with E-state index in [1.54, 1.807) is 6.20 Å². The van der Waals surface area contributed by atoms with E-state index >= 15 is 0 Å². The van der Waals surface area contributed by atoms with Crippen molar-refractivity contribution < 1.29 is 4.79 Å². The maximum atomic E-state index is 13.5. The molecule has 2 saturated heterocycles. The van der Waals surface area contributed by atoms with E-state index in [9.17, 15) is 4.79 Å². The molecule has 28 heavy (non-hydrogen) atoms. The fraction of sp³-hybridized carbons (Fsp3) is 0.409. The summed E-state index contributed by atoms with van der Waals surface area (Å²) in [5, 5.41) is 8.81. The van der Waals surface area contributed by atoms with Gasteiger partial charge in [-0.1, -0.05) is 30.3 Å². The first-order valence-corrected chi connectivity index (χ1v) is 10.1. The lowest BCUT2D eigenvalue weighted by Crippen LogP contribution is -2.32. The van der Waals surface area contributed by atoms with Gasteiger partial charge in [0.15, 0.2) is 5.65 Å². The number of aromatic nitrogens is 3. The summed E-state index contributed by atoms with van der Waals surface area (Å²) in [4.78, 5) is 20.4. The number of nitrogens with zero attached hydrogens (tertiary/aromatic N) is 4. The maximum Gasteiger partial charge on any atom is 0.254 e. The molecule has 6 heteroatoms. The minimum atomic E-state index is 0.0993. The van der Waals surface area contributed by atoms with Gasteiger partial charge >= 0.3 is 0 Å². The first-order valence-electron chi connectivity index (χ1n) is 10.1. The smallest absolute Gasteiger partial charge is 0.254 e. The third kappa shape index (κ3) is 2.79. The normalized spacial score (nSPS) is 21.6. The van der Waals surface area contributed by atoms with Crippen LogP contribution in [0.25, 0.3) is 22.3 Å². The minimum absolute atomic E-state index is 0.0993. The molecule has 4 heterocycles. The van der Waals surface area contributed by atoms with Crippen molar-refractivity contribution in [1.29, 1.82) is 0 Å². The summed E-state index contributed by atoms with van der Waals surface area (Å²) in [7, 11) is 0. The Kier molecular flexibility index (Phi) is 4.16. The van der Waals surface area contributed by atoms with Crippen LogP contribution in [0.5, 0.6) is 0 Å². The van der Waals surface area contributed by atoms with Crippen molar-refractivity contribution in [2.45, 2.75) is 19.9 Å². The van der Waals surface area contributed by atoms with Gasteiger partial charge in [0.25, 0.3) is 5.91 Å². The number of carbonyl (C=O) groups is 1. The third-order valence-corrected chi connectivity index (χ3v) is 6.03. The van der Waals surface area contributed by atoms with Crippen molar-refractivity contribution in [3.05, 3.63) is 48.2 Å². The number of hydrogen-bond donors (Lipinski definition) is 1. The van der Waals surface area contributed by atoms with Gasteiger partial charge in [0.05, 0.1) is 22.8 Å². The summed E-state index contributed by atoms with van der Waals surface area (Å²) in [6.45, 7) is 7.86. The van der Waals surface area contributed by atoms with E-state index in [1.807, 2.05) is 46.0 Å². The Hall–Kier alpha value is -2.73. The van der Waals surface area contributed by atoms with E-state index in [1.165, 1.54) is 0 Å². The van der Waals surface area contributed by atoms with E-state index in [0.717, 1.165) is 48.5 Å². The Bertz CT molecular complexity index is 1010. The highest BCUT2D eigenvalue weighted by molar-refractivity contribution is 6.06. The van der Waals surface area contributed by atoms with E-state index in [2.05, 4.69) is 24.3 Å². The van der Waals surface area contributed by atoms with Crippen molar-refractivity contribution in [2.24, 2.45) is 11.8 Å². The monoisotopic (exact) mass is 375 g/mol. The van der Waals surface area contributed by atoms with E-state index in [0.29, 0.717) is 17.4 Å². The van der Waals surface area contributed by atoms with Gasteiger partial charge in [-0.05, 0) is 31.7 Å². The molecular weight excluding hydrogens is 350 g/mol. The van der Waals surface area contributed by atoms with Crippen molar-refractivity contribution in [2.75, 3.05) is 26.2 Å².